The van der Waals surface area contributed by atoms with Crippen molar-refractivity contribution < 1.29 is 9.53 Å². The molecule has 1 atom stereocenters. The Morgan fingerprint density at radius 3 is 2.65 bits per heavy atom. The van der Waals surface area contributed by atoms with Crippen LogP contribution in [0.4, 0.5) is 5.69 Å². The molecule has 3 rings (SSSR count). The lowest BCUT2D eigenvalue weighted by Gasteiger charge is -2.29. The van der Waals surface area contributed by atoms with Crippen LogP contribution in [0.5, 0.6) is 5.75 Å². The number of para-hydroxylation sites is 2. The van der Waals surface area contributed by atoms with Crippen LogP contribution in [-0.2, 0) is 0 Å². The van der Waals surface area contributed by atoms with E-state index >= 15 is 0 Å². The largest absolute Gasteiger partial charge is 0.493 e. The lowest BCUT2D eigenvalue weighted by molar-refractivity contribution is 0.0935. The molecule has 120 valence electrons. The van der Waals surface area contributed by atoms with Gasteiger partial charge in [0.15, 0.2) is 0 Å². The predicted octanol–water partition coefficient (Wildman–Crippen LogP) is 4.11. The van der Waals surface area contributed by atoms with Gasteiger partial charge >= 0.3 is 0 Å². The Balaban J connectivity index is 1.79. The minimum atomic E-state index is -0.278. The van der Waals surface area contributed by atoms with E-state index in [2.05, 4.69) is 17.6 Å². The molecule has 1 aliphatic heterocycles. The molecule has 1 unspecified atom stereocenters. The first kappa shape index (κ1) is 15.4. The summed E-state index contributed by atoms with van der Waals surface area (Å²) in [6.07, 6.45) is 3.09. The Hall–Kier alpha value is -2.49. The second-order valence-electron chi connectivity index (χ2n) is 5.69. The number of carbonyl (C=O) groups is 1. The highest BCUT2D eigenvalue weighted by Gasteiger charge is 2.25. The Morgan fingerprint density at radius 2 is 1.78 bits per heavy atom. The maximum Gasteiger partial charge on any atom is 0.255 e. The van der Waals surface area contributed by atoms with Crippen molar-refractivity contribution in [2.75, 3.05) is 11.9 Å². The third kappa shape index (κ3) is 3.47. The minimum Gasteiger partial charge on any atom is -0.493 e. The van der Waals surface area contributed by atoms with Crippen LogP contribution in [0.2, 0.25) is 0 Å². The summed E-state index contributed by atoms with van der Waals surface area (Å²) in [5, 5.41) is 6.37. The van der Waals surface area contributed by atoms with Crippen LogP contribution in [0.25, 0.3) is 0 Å². The molecule has 0 aromatic heterocycles. The molecule has 1 aliphatic rings. The van der Waals surface area contributed by atoms with Gasteiger partial charge in [-0.25, -0.2) is 0 Å². The van der Waals surface area contributed by atoms with Crippen molar-refractivity contribution in [2.45, 2.75) is 32.4 Å². The average molecular weight is 310 g/mol. The summed E-state index contributed by atoms with van der Waals surface area (Å²) in [5.74, 6) is 0.755. The number of ether oxygens (including phenoxy) is 1. The van der Waals surface area contributed by atoms with Crippen LogP contribution >= 0.6 is 0 Å². The molecule has 2 aromatic carbocycles. The summed E-state index contributed by atoms with van der Waals surface area (Å²) in [7, 11) is 0. The summed E-state index contributed by atoms with van der Waals surface area (Å²) >= 11 is 0. The first-order valence-electron chi connectivity index (χ1n) is 8.17. The van der Waals surface area contributed by atoms with Gasteiger partial charge in [-0.2, -0.15) is 0 Å². The number of amides is 1. The van der Waals surface area contributed by atoms with E-state index in [1.54, 1.807) is 0 Å². The normalized spacial score (nSPS) is 16.2. The molecule has 1 heterocycles. The summed E-state index contributed by atoms with van der Waals surface area (Å²) < 4.78 is 5.92. The summed E-state index contributed by atoms with van der Waals surface area (Å²) in [4.78, 5) is 12.3. The van der Waals surface area contributed by atoms with Gasteiger partial charge in [0, 0.05) is 11.3 Å². The standard InChI is InChI=1S/C19H22N2O2/c1-2-3-8-13-23-17-12-7-5-10-15(17)18-20-16-11-6-4-9-14(16)19(22)21-18/h4-7,9-12,18,20H,2-3,8,13H2,1H3,(H,21,22). The van der Waals surface area contributed by atoms with Crippen LogP contribution in [0.3, 0.4) is 0 Å². The van der Waals surface area contributed by atoms with Gasteiger partial charge in [-0.15, -0.1) is 0 Å². The summed E-state index contributed by atoms with van der Waals surface area (Å²) in [5.41, 5.74) is 2.47. The molecule has 4 heteroatoms. The number of rotatable bonds is 6. The highest BCUT2D eigenvalue weighted by atomic mass is 16.5. The molecule has 0 bridgehead atoms. The number of benzene rings is 2. The highest BCUT2D eigenvalue weighted by molar-refractivity contribution is 6.01. The average Bonchev–Trinajstić information content (AvgIpc) is 2.59. The number of anilines is 1. The van der Waals surface area contributed by atoms with Crippen molar-refractivity contribution in [1.29, 1.82) is 0 Å². The molecule has 0 aliphatic carbocycles. The van der Waals surface area contributed by atoms with E-state index < -0.39 is 0 Å². The Morgan fingerprint density at radius 1 is 1.00 bits per heavy atom. The van der Waals surface area contributed by atoms with Gasteiger partial charge in [-0.1, -0.05) is 50.1 Å². The van der Waals surface area contributed by atoms with Crippen molar-refractivity contribution in [3.8, 4) is 5.75 Å². The van der Waals surface area contributed by atoms with E-state index in [0.29, 0.717) is 12.2 Å². The van der Waals surface area contributed by atoms with E-state index in [1.807, 2.05) is 48.5 Å². The van der Waals surface area contributed by atoms with Gasteiger partial charge in [0.05, 0.1) is 12.2 Å². The third-order valence-corrected chi connectivity index (χ3v) is 3.98. The van der Waals surface area contributed by atoms with E-state index in [-0.39, 0.29) is 12.1 Å². The van der Waals surface area contributed by atoms with E-state index in [4.69, 9.17) is 4.74 Å². The Labute approximate surface area is 136 Å². The van der Waals surface area contributed by atoms with Gasteiger partial charge in [-0.05, 0) is 24.6 Å². The number of fused-ring (bicyclic) bond motifs is 1. The molecule has 2 N–H and O–H groups in total. The smallest absolute Gasteiger partial charge is 0.255 e. The molecule has 23 heavy (non-hydrogen) atoms. The second kappa shape index (κ2) is 7.18. The molecule has 0 fully saturated rings. The quantitative estimate of drug-likeness (QED) is 0.789. The highest BCUT2D eigenvalue weighted by Crippen LogP contribution is 2.31. The number of carbonyl (C=O) groups excluding carboxylic acids is 1. The van der Waals surface area contributed by atoms with E-state index in [1.165, 1.54) is 6.42 Å². The van der Waals surface area contributed by atoms with Gasteiger partial charge in [0.1, 0.15) is 11.9 Å². The molecular formula is C19H22N2O2. The number of hydrogen-bond acceptors (Lipinski definition) is 3. The van der Waals surface area contributed by atoms with E-state index in [0.717, 1.165) is 29.8 Å². The number of unbranched alkanes of at least 4 members (excludes halogenated alkanes) is 2. The fraction of sp³-hybridized carbons (Fsp3) is 0.316. The van der Waals surface area contributed by atoms with Crippen LogP contribution < -0.4 is 15.4 Å². The van der Waals surface area contributed by atoms with Crippen molar-refractivity contribution in [2.24, 2.45) is 0 Å². The molecule has 4 nitrogen and oxygen atoms in total. The first-order chi connectivity index (χ1) is 11.3. The van der Waals surface area contributed by atoms with Gasteiger partial charge in [0.2, 0.25) is 0 Å². The monoisotopic (exact) mass is 310 g/mol. The van der Waals surface area contributed by atoms with Crippen molar-refractivity contribution in [3.63, 3.8) is 0 Å². The topological polar surface area (TPSA) is 50.4 Å². The lowest BCUT2D eigenvalue weighted by Crippen LogP contribution is -2.38. The zero-order chi connectivity index (χ0) is 16.1. The zero-order valence-electron chi connectivity index (χ0n) is 13.3. The molecular weight excluding hydrogens is 288 g/mol. The molecule has 0 saturated heterocycles. The van der Waals surface area contributed by atoms with Gasteiger partial charge in [-0.3, -0.25) is 4.79 Å². The maximum atomic E-state index is 12.3. The van der Waals surface area contributed by atoms with Crippen LogP contribution in [-0.4, -0.2) is 12.5 Å². The summed E-state index contributed by atoms with van der Waals surface area (Å²) in [6.45, 7) is 2.87. The minimum absolute atomic E-state index is 0.0647. The fourth-order valence-corrected chi connectivity index (χ4v) is 2.75. The fourth-order valence-electron chi connectivity index (χ4n) is 2.75. The molecule has 2 aromatic rings. The van der Waals surface area contributed by atoms with Crippen molar-refractivity contribution in [3.05, 3.63) is 59.7 Å². The maximum absolute atomic E-state index is 12.3. The predicted molar refractivity (Wildman–Crippen MR) is 91.7 cm³/mol. The molecule has 0 spiro atoms. The van der Waals surface area contributed by atoms with Crippen molar-refractivity contribution >= 4 is 11.6 Å². The van der Waals surface area contributed by atoms with Gasteiger partial charge in [0.25, 0.3) is 5.91 Å². The molecule has 0 saturated carbocycles. The molecule has 0 radical (unpaired) electrons. The Bertz CT molecular complexity index is 685. The second-order valence-corrected chi connectivity index (χ2v) is 5.69. The number of hydrogen-bond donors (Lipinski definition) is 2. The van der Waals surface area contributed by atoms with Crippen LogP contribution in [0, 0.1) is 0 Å². The van der Waals surface area contributed by atoms with Gasteiger partial charge < -0.3 is 15.4 Å². The zero-order valence-corrected chi connectivity index (χ0v) is 13.3. The third-order valence-electron chi connectivity index (χ3n) is 3.98. The van der Waals surface area contributed by atoms with Crippen LogP contribution in [0.1, 0.15) is 48.3 Å². The van der Waals surface area contributed by atoms with Crippen molar-refractivity contribution in [1.82, 2.24) is 5.32 Å². The summed E-state index contributed by atoms with van der Waals surface area (Å²) in [6, 6.07) is 15.4. The van der Waals surface area contributed by atoms with Crippen LogP contribution in [0.15, 0.2) is 48.5 Å². The SMILES string of the molecule is CCCCCOc1ccccc1C1NC(=O)c2ccccc2N1. The Kier molecular flexibility index (Phi) is 4.81. The lowest BCUT2D eigenvalue weighted by atomic mass is 10.1. The first-order valence-corrected chi connectivity index (χ1v) is 8.17. The molecule has 1 amide bonds. The van der Waals surface area contributed by atoms with E-state index in [9.17, 15) is 4.79 Å². The number of nitrogens with one attached hydrogen (secondary N) is 2.